The maximum absolute atomic E-state index is 15.1. The fourth-order valence-electron chi connectivity index (χ4n) is 8.55. The SMILES string of the molecule is COc1ccc(O)c([C@H]2C3=CC[C@@H]4C(=O)N(C(C)(C)C)C(=O)[C@@H]4[C@@H]3C[C@H]3C(=O)N(Nc4ccc(F)cc4)C(=O)[C@@]23c2ccc(Cl)cc2)c1. The normalized spacial score (nSPS) is 28.2. The van der Waals surface area contributed by atoms with E-state index in [1.807, 2.05) is 26.8 Å². The van der Waals surface area contributed by atoms with Gasteiger partial charge < -0.3 is 9.84 Å². The van der Waals surface area contributed by atoms with Gasteiger partial charge >= 0.3 is 0 Å². The van der Waals surface area contributed by atoms with E-state index < -0.39 is 58.2 Å². The van der Waals surface area contributed by atoms with Gasteiger partial charge in [0.1, 0.15) is 17.3 Å². The lowest BCUT2D eigenvalue weighted by molar-refractivity contribution is -0.146. The number of benzene rings is 3. The molecular weight excluding hydrogens is 637 g/mol. The molecule has 0 unspecified atom stereocenters. The number of rotatable bonds is 5. The molecule has 3 aromatic carbocycles. The number of phenolic OH excluding ortho intramolecular Hbond substituents is 1. The molecule has 2 N–H and O–H groups in total. The molecule has 2 aliphatic heterocycles. The number of aromatic hydroxyl groups is 1. The number of anilines is 1. The Hall–Kier alpha value is -4.70. The van der Waals surface area contributed by atoms with Crippen molar-refractivity contribution in [3.05, 3.63) is 100 Å². The third-order valence-corrected chi connectivity index (χ3v) is 10.7. The zero-order valence-corrected chi connectivity index (χ0v) is 27.6. The predicted molar refractivity (Wildman–Crippen MR) is 175 cm³/mol. The summed E-state index contributed by atoms with van der Waals surface area (Å²) in [7, 11) is 1.49. The zero-order valence-electron chi connectivity index (χ0n) is 26.9. The molecule has 2 aliphatic carbocycles. The van der Waals surface area contributed by atoms with Crippen LogP contribution in [0.25, 0.3) is 0 Å². The van der Waals surface area contributed by atoms with Crippen molar-refractivity contribution in [3.8, 4) is 11.5 Å². The number of methoxy groups -OCH3 is 1. The average Bonchev–Trinajstić information content (AvgIpc) is 3.44. The summed E-state index contributed by atoms with van der Waals surface area (Å²) < 4.78 is 19.4. The van der Waals surface area contributed by atoms with Crippen LogP contribution >= 0.6 is 11.6 Å². The number of hydrazine groups is 1. The molecule has 0 spiro atoms. The van der Waals surface area contributed by atoms with Gasteiger partial charge in [0.05, 0.1) is 36.0 Å². The number of allylic oxidation sites excluding steroid dienone is 2. The number of likely N-dealkylation sites (tertiary alicyclic amines) is 1. The van der Waals surface area contributed by atoms with Crippen LogP contribution in [0.4, 0.5) is 10.1 Å². The fraction of sp³-hybridized carbons (Fsp3) is 0.351. The van der Waals surface area contributed by atoms with Crippen molar-refractivity contribution in [2.45, 2.75) is 50.5 Å². The molecule has 7 rings (SSSR count). The van der Waals surface area contributed by atoms with E-state index in [2.05, 4.69) is 5.43 Å². The first-order valence-electron chi connectivity index (χ1n) is 15.9. The number of ether oxygens (including phenoxy) is 1. The van der Waals surface area contributed by atoms with E-state index in [1.165, 1.54) is 42.3 Å². The molecule has 9 nitrogen and oxygen atoms in total. The van der Waals surface area contributed by atoms with Gasteiger partial charge in [-0.3, -0.25) is 29.5 Å². The molecule has 48 heavy (non-hydrogen) atoms. The van der Waals surface area contributed by atoms with Gasteiger partial charge in [0.2, 0.25) is 11.8 Å². The second-order valence-electron chi connectivity index (χ2n) is 14.0. The number of amides is 4. The number of fused-ring (bicyclic) bond motifs is 4. The van der Waals surface area contributed by atoms with Crippen molar-refractivity contribution < 1.29 is 33.4 Å². The van der Waals surface area contributed by atoms with E-state index in [4.69, 9.17) is 16.3 Å². The summed E-state index contributed by atoms with van der Waals surface area (Å²) in [6.07, 6.45) is 2.28. The highest BCUT2D eigenvalue weighted by molar-refractivity contribution is 6.30. The van der Waals surface area contributed by atoms with Crippen molar-refractivity contribution in [3.63, 3.8) is 0 Å². The smallest absolute Gasteiger partial charge is 0.260 e. The monoisotopic (exact) mass is 671 g/mol. The number of nitrogens with zero attached hydrogens (tertiary/aromatic N) is 2. The Morgan fingerprint density at radius 3 is 2.27 bits per heavy atom. The average molecular weight is 672 g/mol. The summed E-state index contributed by atoms with van der Waals surface area (Å²) in [6.45, 7) is 5.45. The number of imide groups is 2. The Bertz CT molecular complexity index is 1890. The number of hydrogen-bond donors (Lipinski definition) is 2. The van der Waals surface area contributed by atoms with Gasteiger partial charge in [0, 0.05) is 22.0 Å². The Morgan fingerprint density at radius 1 is 0.938 bits per heavy atom. The van der Waals surface area contributed by atoms with E-state index in [0.717, 1.165) is 5.01 Å². The summed E-state index contributed by atoms with van der Waals surface area (Å²) in [5.74, 6) is -5.79. The lowest BCUT2D eigenvalue weighted by Gasteiger charge is -2.50. The van der Waals surface area contributed by atoms with E-state index in [0.29, 0.717) is 33.2 Å². The molecule has 3 aromatic rings. The molecule has 1 saturated carbocycles. The van der Waals surface area contributed by atoms with Crippen LogP contribution in [0.3, 0.4) is 0 Å². The quantitative estimate of drug-likeness (QED) is 0.253. The van der Waals surface area contributed by atoms with Crippen molar-refractivity contribution in [1.82, 2.24) is 9.91 Å². The zero-order chi connectivity index (χ0) is 34.3. The van der Waals surface area contributed by atoms with Gasteiger partial charge in [-0.05, 0) is 99.7 Å². The summed E-state index contributed by atoms with van der Waals surface area (Å²) in [5.41, 5.74) is 2.41. The number of carbonyl (C=O) groups is 4. The number of nitrogens with one attached hydrogen (secondary N) is 1. The van der Waals surface area contributed by atoms with Crippen LogP contribution in [0.2, 0.25) is 5.02 Å². The molecule has 0 radical (unpaired) electrons. The molecular formula is C37H35ClFN3O6. The molecule has 3 fully saturated rings. The topological polar surface area (TPSA) is 116 Å². The molecule has 0 bridgehead atoms. The minimum Gasteiger partial charge on any atom is -0.508 e. The third-order valence-electron chi connectivity index (χ3n) is 10.5. The molecule has 4 amide bonds. The maximum Gasteiger partial charge on any atom is 0.260 e. The summed E-state index contributed by atoms with van der Waals surface area (Å²) in [4.78, 5) is 59.1. The standard InChI is InChI=1S/C37H35ClFN3O6/c1-36(2,3)41-32(44)25-15-14-24-26(30(25)34(41)46)18-28-33(45)42(40-22-11-9-21(39)10-12-22)35(47)37(28,19-5-7-20(38)8-6-19)31(24)27-17-23(48-4)13-16-29(27)43/h5-14,16-17,25-26,28,30-31,40,43H,15,18H2,1-4H3/t25-,26+,28-,30-,31+,37+/m0/s1. The van der Waals surface area contributed by atoms with Gasteiger partial charge in [-0.1, -0.05) is 35.4 Å². The first-order valence-corrected chi connectivity index (χ1v) is 16.3. The van der Waals surface area contributed by atoms with Crippen molar-refractivity contribution in [2.24, 2.45) is 23.7 Å². The molecule has 2 saturated heterocycles. The van der Waals surface area contributed by atoms with Gasteiger partial charge in [-0.25, -0.2) is 4.39 Å². The summed E-state index contributed by atoms with van der Waals surface area (Å²) in [6, 6.07) is 16.7. The number of hydrogen-bond acceptors (Lipinski definition) is 7. The highest BCUT2D eigenvalue weighted by Gasteiger charge is 2.71. The van der Waals surface area contributed by atoms with Gasteiger partial charge in [-0.15, -0.1) is 0 Å². The number of halogens is 2. The van der Waals surface area contributed by atoms with Gasteiger partial charge in [-0.2, -0.15) is 5.01 Å². The second kappa shape index (κ2) is 11.2. The van der Waals surface area contributed by atoms with Gasteiger partial charge in [0.15, 0.2) is 0 Å². The van der Waals surface area contributed by atoms with Crippen LogP contribution in [0.5, 0.6) is 11.5 Å². The highest BCUT2D eigenvalue weighted by Crippen LogP contribution is 2.65. The molecule has 6 atom stereocenters. The first-order chi connectivity index (χ1) is 22.8. The number of phenols is 1. The molecule has 248 valence electrons. The lowest BCUT2D eigenvalue weighted by Crippen LogP contribution is -2.53. The fourth-order valence-corrected chi connectivity index (χ4v) is 8.68. The van der Waals surface area contributed by atoms with Crippen molar-refractivity contribution >= 4 is 40.9 Å². The highest BCUT2D eigenvalue weighted by atomic mass is 35.5. The van der Waals surface area contributed by atoms with Gasteiger partial charge in [0.25, 0.3) is 11.8 Å². The van der Waals surface area contributed by atoms with Crippen LogP contribution in [0, 0.1) is 29.5 Å². The maximum atomic E-state index is 15.1. The van der Waals surface area contributed by atoms with Crippen molar-refractivity contribution in [2.75, 3.05) is 12.5 Å². The summed E-state index contributed by atoms with van der Waals surface area (Å²) >= 11 is 6.33. The second-order valence-corrected chi connectivity index (χ2v) is 14.4. The van der Waals surface area contributed by atoms with Crippen LogP contribution in [0.15, 0.2) is 78.4 Å². The Labute approximate surface area is 282 Å². The van der Waals surface area contributed by atoms with E-state index in [-0.39, 0.29) is 30.4 Å². The number of carbonyl (C=O) groups excluding carboxylic acids is 4. The minimum atomic E-state index is -1.61. The molecule has 4 aliphatic rings. The van der Waals surface area contributed by atoms with Crippen LogP contribution < -0.4 is 10.2 Å². The minimum absolute atomic E-state index is 0.0973. The molecule has 11 heteroatoms. The largest absolute Gasteiger partial charge is 0.508 e. The third kappa shape index (κ3) is 4.56. The van der Waals surface area contributed by atoms with E-state index in [1.54, 1.807) is 36.4 Å². The molecule has 0 aromatic heterocycles. The van der Waals surface area contributed by atoms with Crippen LogP contribution in [-0.4, -0.2) is 51.3 Å². The summed E-state index contributed by atoms with van der Waals surface area (Å²) in [5, 5.41) is 12.9. The van der Waals surface area contributed by atoms with Crippen LogP contribution in [-0.2, 0) is 24.6 Å². The Morgan fingerprint density at radius 2 is 1.62 bits per heavy atom. The predicted octanol–water partition coefficient (Wildman–Crippen LogP) is 5.98. The Kier molecular flexibility index (Phi) is 7.43. The van der Waals surface area contributed by atoms with E-state index in [9.17, 15) is 23.9 Å². The van der Waals surface area contributed by atoms with E-state index >= 15 is 4.79 Å². The molecule has 2 heterocycles. The van der Waals surface area contributed by atoms with Crippen LogP contribution in [0.1, 0.15) is 50.7 Å². The lowest BCUT2D eigenvalue weighted by atomic mass is 9.49. The first kappa shape index (κ1) is 31.9. The van der Waals surface area contributed by atoms with Crippen molar-refractivity contribution in [1.29, 1.82) is 0 Å². The Balaban J connectivity index is 1.48.